The van der Waals surface area contributed by atoms with Gasteiger partial charge in [-0.25, -0.2) is 4.79 Å². The van der Waals surface area contributed by atoms with Crippen LogP contribution in [0.15, 0.2) is 0 Å². The summed E-state index contributed by atoms with van der Waals surface area (Å²) in [5, 5.41) is 37.7. The van der Waals surface area contributed by atoms with Gasteiger partial charge in [-0.2, -0.15) is 0 Å². The van der Waals surface area contributed by atoms with Gasteiger partial charge in [0.25, 0.3) is 0 Å². The van der Waals surface area contributed by atoms with Crippen LogP contribution in [0.4, 0.5) is 0 Å². The first kappa shape index (κ1) is 145. The number of carbonyl (C=O) groups excluding carboxylic acids is 2. The van der Waals surface area contributed by atoms with Crippen LogP contribution >= 0.6 is 0 Å². The van der Waals surface area contributed by atoms with Gasteiger partial charge in [0.05, 0.1) is 0 Å². The van der Waals surface area contributed by atoms with Gasteiger partial charge in [-0.15, -0.1) is 0 Å². The van der Waals surface area contributed by atoms with Crippen molar-refractivity contribution in [3.63, 3.8) is 0 Å². The van der Waals surface area contributed by atoms with Crippen molar-refractivity contribution in [3.05, 3.63) is 6.15 Å². The number of carboxylic acids is 3. The van der Waals surface area contributed by atoms with Crippen LogP contribution in [-0.4, -0.2) is 33.7 Å². The molecule has 0 aromatic carbocycles. The molecule has 25 heteroatoms. The molecule has 32 heavy (non-hydrogen) atoms. The van der Waals surface area contributed by atoms with Gasteiger partial charge in [-0.3, -0.25) is 0 Å². The normalized spacial score (nSPS) is 6.28. The average Bonchev–Trinajstić information content (AvgIpc) is 1.99. The predicted molar refractivity (Wildman–Crippen MR) is 121 cm³/mol. The molecule has 0 rings (SSSR count). The number of hydrogen-bond donors (Lipinski definition) is 2. The summed E-state index contributed by atoms with van der Waals surface area (Å²) in [6.07, 6.45) is -2.63. The molecule has 0 spiro atoms. The van der Waals surface area contributed by atoms with Crippen molar-refractivity contribution >= 4 is 139 Å². The van der Waals surface area contributed by atoms with E-state index in [0.29, 0.717) is 0 Å². The standard InChI is InChI=1S/C7H10O7.8Fe.H2N.9H2S/c8-4(9)1-2-7(14,6(12)13)3-5(10)11;;;;;;;;;;;;;;;;;;/h14H,1-3H2,(H,8,9)(H,10,11)(H,12,13);;;;;;;;;10*1H2/q;;;;;;;;;-1;;;;;;;;;/p-11. The SMILES string of the molecule is O=C([O-])CCC(O)(CC(=O)[O-])C(=O)O.[Fe].[Fe].[Fe].[Fe].[Fe].[Fe].[Fe].[Fe].[NH2-].[SH-].[SH-].[SH-].[SH-].[SH-].[SH-].[SH-].[SH-].[SH-]. The van der Waals surface area contributed by atoms with Crippen LogP contribution in [0.25, 0.3) is 6.15 Å². The summed E-state index contributed by atoms with van der Waals surface area (Å²) in [7, 11) is 0. The largest absolute Gasteiger partial charge is 0.813 e. The smallest absolute Gasteiger partial charge is 0.336 e. The van der Waals surface area contributed by atoms with Crippen molar-refractivity contribution in [2.24, 2.45) is 0 Å². The van der Waals surface area contributed by atoms with Crippen LogP contribution in [0.3, 0.4) is 0 Å². The topological polar surface area (TPSA) is 171 Å². The van der Waals surface area contributed by atoms with Gasteiger partial charge in [0.1, 0.15) is 0 Å². The van der Waals surface area contributed by atoms with Crippen molar-refractivity contribution in [2.75, 3.05) is 0 Å². The molecule has 1 unspecified atom stereocenters. The quantitative estimate of drug-likeness (QED) is 0.147. The van der Waals surface area contributed by atoms with Crippen LogP contribution in [0.1, 0.15) is 19.3 Å². The van der Waals surface area contributed by atoms with Crippen molar-refractivity contribution < 1.29 is 171 Å². The van der Waals surface area contributed by atoms with Gasteiger partial charge < -0.3 is 158 Å². The second-order valence-corrected chi connectivity index (χ2v) is 2.76. The Morgan fingerprint density at radius 1 is 0.594 bits per heavy atom. The Morgan fingerprint density at radius 2 is 0.812 bits per heavy atom. The fraction of sp³-hybridized carbons (Fsp3) is 0.571. The number of aliphatic hydroxyl groups is 1. The molecule has 4 N–H and O–H groups in total. The summed E-state index contributed by atoms with van der Waals surface area (Å²) in [6.45, 7) is 0. The summed E-state index contributed by atoms with van der Waals surface area (Å²) in [4.78, 5) is 30.5. The summed E-state index contributed by atoms with van der Waals surface area (Å²) in [6, 6.07) is 0. The average molecular weight is 965 g/mol. The van der Waals surface area contributed by atoms with Crippen LogP contribution in [0.2, 0.25) is 0 Å². The molecule has 224 valence electrons. The monoisotopic (exact) mass is 964 g/mol. The van der Waals surface area contributed by atoms with Gasteiger partial charge in [0.2, 0.25) is 0 Å². The third-order valence-electron chi connectivity index (χ3n) is 1.58. The molecule has 0 saturated carbocycles. The minimum absolute atomic E-state index is 0. The van der Waals surface area contributed by atoms with E-state index in [0.717, 1.165) is 0 Å². The van der Waals surface area contributed by atoms with Crippen LogP contribution in [-0.2, 0) is 272 Å². The van der Waals surface area contributed by atoms with Crippen LogP contribution in [0, 0.1) is 0 Å². The molecule has 0 aromatic rings. The van der Waals surface area contributed by atoms with E-state index in [1.165, 1.54) is 0 Å². The maximum absolute atomic E-state index is 10.4. The van der Waals surface area contributed by atoms with E-state index in [4.69, 9.17) is 5.11 Å². The minimum atomic E-state index is -2.61. The van der Waals surface area contributed by atoms with Crippen molar-refractivity contribution in [3.8, 4) is 0 Å². The zero-order valence-corrected chi connectivity index (χ0v) is 31.4. The summed E-state index contributed by atoms with van der Waals surface area (Å²) < 4.78 is 0. The number of carboxylic acid groups (broad SMARTS) is 3. The minimum Gasteiger partial charge on any atom is -0.813 e. The second-order valence-electron chi connectivity index (χ2n) is 2.76. The van der Waals surface area contributed by atoms with Gasteiger partial charge in [0, 0.05) is 155 Å². The Morgan fingerprint density at radius 3 is 0.938 bits per heavy atom. The molecule has 0 fully saturated rings. The van der Waals surface area contributed by atoms with E-state index in [2.05, 4.69) is 0 Å². The summed E-state index contributed by atoms with van der Waals surface area (Å²) >= 11 is 0. The summed E-state index contributed by atoms with van der Waals surface area (Å²) in [5.74, 6) is -5.14. The fourth-order valence-electron chi connectivity index (χ4n) is 0.819. The number of hydrogen-bond acceptors (Lipinski definition) is 15. The number of nitrogens with two attached hydrogens (primary N) is 1. The molecule has 0 saturated heterocycles. The van der Waals surface area contributed by atoms with Crippen molar-refractivity contribution in [1.82, 2.24) is 0 Å². The molecule has 0 amide bonds. The first-order valence-electron chi connectivity index (χ1n) is 3.63. The van der Waals surface area contributed by atoms with E-state index in [9.17, 15) is 29.7 Å². The molecule has 0 aliphatic rings. The van der Waals surface area contributed by atoms with Gasteiger partial charge in [-0.1, -0.05) is 0 Å². The molecule has 0 heterocycles. The van der Waals surface area contributed by atoms with Crippen molar-refractivity contribution in [1.29, 1.82) is 0 Å². The Kier molecular flexibility index (Phi) is 379. The molecule has 0 radical (unpaired) electrons. The van der Waals surface area contributed by atoms with E-state index in [1.54, 1.807) is 0 Å². The molecule has 0 aliphatic heterocycles. The zero-order valence-electron chi connectivity index (χ0n) is 14.5. The molecular formula is C7H19Fe8NO7S9-12. The Bertz CT molecular complexity index is 313. The second kappa shape index (κ2) is 83.3. The maximum atomic E-state index is 10.4. The molecular weight excluding hydrogens is 945 g/mol. The Hall–Kier alpha value is 5.64. The number of aliphatic carboxylic acids is 3. The number of rotatable bonds is 6. The number of carbonyl (C=O) groups is 3. The predicted octanol–water partition coefficient (Wildman–Crippen LogP) is -5.26. The van der Waals surface area contributed by atoms with E-state index in [1.807, 2.05) is 0 Å². The molecule has 0 aliphatic carbocycles. The van der Waals surface area contributed by atoms with E-state index in [-0.39, 0.29) is 264 Å². The van der Waals surface area contributed by atoms with Gasteiger partial charge >= 0.3 is 5.97 Å². The molecule has 8 nitrogen and oxygen atoms in total. The molecule has 0 bridgehead atoms. The van der Waals surface area contributed by atoms with Crippen LogP contribution < -0.4 is 10.2 Å². The first-order valence-corrected chi connectivity index (χ1v) is 3.63. The Balaban J connectivity index is -0.00000000552. The zero-order chi connectivity index (χ0) is 11.4. The van der Waals surface area contributed by atoms with Gasteiger partial charge in [0.15, 0.2) is 5.60 Å². The third-order valence-corrected chi connectivity index (χ3v) is 1.58. The fourth-order valence-corrected chi connectivity index (χ4v) is 0.819. The van der Waals surface area contributed by atoms with Crippen LogP contribution in [0.5, 0.6) is 0 Å². The maximum Gasteiger partial charge on any atom is 0.336 e. The third kappa shape index (κ3) is 83.4. The molecule has 0 aromatic heterocycles. The first-order chi connectivity index (χ1) is 6.28. The summed E-state index contributed by atoms with van der Waals surface area (Å²) in [5.41, 5.74) is -2.61. The number of thiol groups is 9. The van der Waals surface area contributed by atoms with E-state index < -0.39 is 42.8 Å². The molecule has 1 atom stereocenters. The Labute approximate surface area is 336 Å². The van der Waals surface area contributed by atoms with Crippen molar-refractivity contribution in [2.45, 2.75) is 24.9 Å². The van der Waals surface area contributed by atoms with E-state index >= 15 is 0 Å². The van der Waals surface area contributed by atoms with Gasteiger partial charge in [-0.05, 0) is 12.8 Å².